The van der Waals surface area contributed by atoms with Crippen molar-refractivity contribution in [3.8, 4) is 0 Å². The van der Waals surface area contributed by atoms with Gasteiger partial charge in [-0.05, 0) is 40.3 Å². The summed E-state index contributed by atoms with van der Waals surface area (Å²) < 4.78 is 0. The first-order valence-corrected chi connectivity index (χ1v) is 6.94. The van der Waals surface area contributed by atoms with E-state index in [2.05, 4.69) is 44.0 Å². The first-order valence-electron chi connectivity index (χ1n) is 6.94. The SMILES string of the molecule is CCC(C)(C)c1ccc2cc3c(cc2c1)C(=N)N=C3N. The summed E-state index contributed by atoms with van der Waals surface area (Å²) in [7, 11) is 0. The minimum atomic E-state index is 0.163. The van der Waals surface area contributed by atoms with E-state index < -0.39 is 0 Å². The van der Waals surface area contributed by atoms with E-state index >= 15 is 0 Å². The van der Waals surface area contributed by atoms with Gasteiger partial charge in [-0.3, -0.25) is 5.41 Å². The van der Waals surface area contributed by atoms with Crippen LogP contribution in [0.5, 0.6) is 0 Å². The third kappa shape index (κ3) is 1.82. The van der Waals surface area contributed by atoms with Crippen molar-refractivity contribution in [3.05, 3.63) is 47.0 Å². The van der Waals surface area contributed by atoms with Gasteiger partial charge >= 0.3 is 0 Å². The molecule has 102 valence electrons. The molecule has 1 heterocycles. The molecule has 1 aliphatic rings. The normalized spacial score (nSPS) is 14.6. The molecule has 20 heavy (non-hydrogen) atoms. The van der Waals surface area contributed by atoms with Gasteiger partial charge in [-0.1, -0.05) is 39.0 Å². The van der Waals surface area contributed by atoms with Gasteiger partial charge < -0.3 is 5.73 Å². The van der Waals surface area contributed by atoms with Crippen molar-refractivity contribution >= 4 is 22.4 Å². The molecular weight excluding hydrogens is 246 g/mol. The topological polar surface area (TPSA) is 62.2 Å². The Morgan fingerprint density at radius 2 is 1.80 bits per heavy atom. The molecule has 3 rings (SSSR count). The Morgan fingerprint density at radius 1 is 1.10 bits per heavy atom. The van der Waals surface area contributed by atoms with Crippen LogP contribution in [0.3, 0.4) is 0 Å². The number of nitrogens with zero attached hydrogens (tertiary/aromatic N) is 1. The number of benzene rings is 2. The van der Waals surface area contributed by atoms with Gasteiger partial charge in [-0.25, -0.2) is 4.99 Å². The summed E-state index contributed by atoms with van der Waals surface area (Å²) in [6.07, 6.45) is 1.09. The minimum absolute atomic E-state index is 0.163. The van der Waals surface area contributed by atoms with Crippen molar-refractivity contribution in [2.75, 3.05) is 0 Å². The highest BCUT2D eigenvalue weighted by atomic mass is 14.9. The van der Waals surface area contributed by atoms with Crippen LogP contribution in [0.2, 0.25) is 0 Å². The molecule has 0 amide bonds. The van der Waals surface area contributed by atoms with Crippen LogP contribution in [-0.4, -0.2) is 11.7 Å². The van der Waals surface area contributed by atoms with Gasteiger partial charge in [0.05, 0.1) is 0 Å². The van der Waals surface area contributed by atoms with Gasteiger partial charge in [0.25, 0.3) is 0 Å². The minimum Gasteiger partial charge on any atom is -0.383 e. The molecule has 3 N–H and O–H groups in total. The zero-order valence-corrected chi connectivity index (χ0v) is 12.1. The number of aliphatic imine (C=N–C) groups is 1. The Balaban J connectivity index is 2.21. The summed E-state index contributed by atoms with van der Waals surface area (Å²) in [6, 6.07) is 10.6. The average molecular weight is 265 g/mol. The molecule has 0 saturated carbocycles. The van der Waals surface area contributed by atoms with Gasteiger partial charge in [0.2, 0.25) is 0 Å². The lowest BCUT2D eigenvalue weighted by atomic mass is 9.81. The number of amidine groups is 2. The zero-order chi connectivity index (χ0) is 14.5. The fraction of sp³-hybridized carbons (Fsp3) is 0.294. The third-order valence-corrected chi connectivity index (χ3v) is 4.41. The summed E-state index contributed by atoms with van der Waals surface area (Å²) in [5.74, 6) is 0.712. The molecule has 2 aromatic carbocycles. The fourth-order valence-electron chi connectivity index (χ4n) is 2.57. The van der Waals surface area contributed by atoms with Crippen LogP contribution in [0.15, 0.2) is 35.3 Å². The molecule has 0 radical (unpaired) electrons. The lowest BCUT2D eigenvalue weighted by Gasteiger charge is -2.23. The van der Waals surface area contributed by atoms with E-state index in [0.29, 0.717) is 5.84 Å². The van der Waals surface area contributed by atoms with Gasteiger partial charge in [0, 0.05) is 11.1 Å². The second-order valence-corrected chi connectivity index (χ2v) is 6.04. The zero-order valence-electron chi connectivity index (χ0n) is 12.1. The first kappa shape index (κ1) is 12.9. The lowest BCUT2D eigenvalue weighted by molar-refractivity contribution is 0.507. The summed E-state index contributed by atoms with van der Waals surface area (Å²) in [6.45, 7) is 6.71. The van der Waals surface area contributed by atoms with E-state index in [1.807, 2.05) is 12.1 Å². The smallest absolute Gasteiger partial charge is 0.154 e. The van der Waals surface area contributed by atoms with Crippen LogP contribution in [0.25, 0.3) is 10.8 Å². The van der Waals surface area contributed by atoms with Crippen LogP contribution >= 0.6 is 0 Å². The molecule has 3 heteroatoms. The number of nitrogens with one attached hydrogen (secondary N) is 1. The number of nitrogens with two attached hydrogens (primary N) is 1. The predicted octanol–water partition coefficient (Wildman–Crippen LogP) is 3.57. The molecule has 2 aromatic rings. The van der Waals surface area contributed by atoms with E-state index in [1.54, 1.807) is 0 Å². The van der Waals surface area contributed by atoms with Gasteiger partial charge in [-0.15, -0.1) is 0 Å². The molecule has 0 unspecified atom stereocenters. The molecule has 0 aromatic heterocycles. The maximum absolute atomic E-state index is 7.88. The van der Waals surface area contributed by atoms with Crippen molar-refractivity contribution in [2.45, 2.75) is 32.6 Å². The van der Waals surface area contributed by atoms with Crippen LogP contribution in [0.4, 0.5) is 0 Å². The number of hydrogen-bond donors (Lipinski definition) is 2. The molecule has 0 fully saturated rings. The largest absolute Gasteiger partial charge is 0.383 e. The number of rotatable bonds is 2. The van der Waals surface area contributed by atoms with Gasteiger partial charge in [0.15, 0.2) is 5.84 Å². The van der Waals surface area contributed by atoms with E-state index in [0.717, 1.165) is 28.3 Å². The molecule has 0 atom stereocenters. The monoisotopic (exact) mass is 265 g/mol. The average Bonchev–Trinajstić information content (AvgIpc) is 2.71. The van der Waals surface area contributed by atoms with Crippen molar-refractivity contribution < 1.29 is 0 Å². The third-order valence-electron chi connectivity index (χ3n) is 4.41. The van der Waals surface area contributed by atoms with Crippen LogP contribution < -0.4 is 5.73 Å². The van der Waals surface area contributed by atoms with Crippen LogP contribution in [0, 0.1) is 5.41 Å². The Labute approximate surface area is 119 Å². The summed E-state index contributed by atoms with van der Waals surface area (Å²) >= 11 is 0. The molecule has 1 aliphatic heterocycles. The summed E-state index contributed by atoms with van der Waals surface area (Å²) in [5, 5.41) is 10.2. The van der Waals surface area contributed by atoms with Gasteiger partial charge in [-0.2, -0.15) is 0 Å². The molecule has 3 nitrogen and oxygen atoms in total. The maximum atomic E-state index is 7.88. The second-order valence-electron chi connectivity index (χ2n) is 6.04. The standard InChI is InChI=1S/C17H19N3/c1-4-17(2,3)12-6-5-10-8-13-14(9-11(10)7-12)16(19)20-15(13)18/h5-9H,4H2,1-3H3,(H3,18,19,20). The fourth-order valence-corrected chi connectivity index (χ4v) is 2.57. The second kappa shape index (κ2) is 4.17. The van der Waals surface area contributed by atoms with Crippen molar-refractivity contribution in [2.24, 2.45) is 10.7 Å². The molecule has 0 bridgehead atoms. The molecular formula is C17H19N3. The Bertz CT molecular complexity index is 754. The Kier molecular flexibility index (Phi) is 2.68. The Morgan fingerprint density at radius 3 is 2.50 bits per heavy atom. The predicted molar refractivity (Wildman–Crippen MR) is 84.8 cm³/mol. The first-order chi connectivity index (χ1) is 9.42. The summed E-state index contributed by atoms with van der Waals surface area (Å²) in [4.78, 5) is 4.05. The van der Waals surface area contributed by atoms with Crippen molar-refractivity contribution in [3.63, 3.8) is 0 Å². The summed E-state index contributed by atoms with van der Waals surface area (Å²) in [5.41, 5.74) is 9.06. The molecule has 0 saturated heterocycles. The van der Waals surface area contributed by atoms with E-state index in [4.69, 9.17) is 11.1 Å². The molecule has 0 aliphatic carbocycles. The van der Waals surface area contributed by atoms with Gasteiger partial charge in [0.1, 0.15) is 5.84 Å². The van der Waals surface area contributed by atoms with E-state index in [1.165, 1.54) is 5.56 Å². The Hall–Kier alpha value is -2.16. The highest BCUT2D eigenvalue weighted by Gasteiger charge is 2.21. The van der Waals surface area contributed by atoms with Crippen molar-refractivity contribution in [1.29, 1.82) is 5.41 Å². The number of fused-ring (bicyclic) bond motifs is 2. The highest BCUT2D eigenvalue weighted by Crippen LogP contribution is 2.31. The van der Waals surface area contributed by atoms with E-state index in [-0.39, 0.29) is 11.3 Å². The highest BCUT2D eigenvalue weighted by molar-refractivity contribution is 6.22. The lowest BCUT2D eigenvalue weighted by Crippen LogP contribution is -2.15. The van der Waals surface area contributed by atoms with Crippen LogP contribution in [-0.2, 0) is 5.41 Å². The quantitative estimate of drug-likeness (QED) is 0.856. The maximum Gasteiger partial charge on any atom is 0.154 e. The molecule has 0 spiro atoms. The van der Waals surface area contributed by atoms with Crippen LogP contribution in [0.1, 0.15) is 43.9 Å². The van der Waals surface area contributed by atoms with Crippen molar-refractivity contribution in [1.82, 2.24) is 0 Å². The number of hydrogen-bond acceptors (Lipinski definition) is 2. The van der Waals surface area contributed by atoms with E-state index in [9.17, 15) is 0 Å².